The Morgan fingerprint density at radius 3 is 2.67 bits per heavy atom. The quantitative estimate of drug-likeness (QED) is 0.794. The van der Waals surface area contributed by atoms with Gasteiger partial charge in [0, 0.05) is 10.6 Å². The average molecular weight is 223 g/mol. The van der Waals surface area contributed by atoms with Crippen molar-refractivity contribution in [3.05, 3.63) is 40.7 Å². The molecule has 0 aliphatic heterocycles. The zero-order valence-corrected chi connectivity index (χ0v) is 8.40. The monoisotopic (exact) mass is 222 g/mol. The van der Waals surface area contributed by atoms with Gasteiger partial charge in [-0.15, -0.1) is 5.10 Å². The maximum atomic E-state index is 11.7. The van der Waals surface area contributed by atoms with Gasteiger partial charge in [-0.3, -0.25) is 4.79 Å². The third-order valence-corrected chi connectivity index (χ3v) is 2.14. The number of benzene rings is 1. The first-order chi connectivity index (χ1) is 7.25. The number of rotatable bonds is 3. The van der Waals surface area contributed by atoms with E-state index in [-0.39, 0.29) is 12.2 Å². The van der Waals surface area contributed by atoms with Crippen molar-refractivity contribution < 1.29 is 4.79 Å². The van der Waals surface area contributed by atoms with Gasteiger partial charge in [-0.25, -0.2) is 5.10 Å². The van der Waals surface area contributed by atoms with Crippen molar-refractivity contribution >= 4 is 17.4 Å². The molecule has 1 aromatic carbocycles. The molecule has 5 nitrogen and oxygen atoms in total. The maximum Gasteiger partial charge on any atom is 0.170 e. The molecule has 6 heteroatoms. The molecule has 0 amide bonds. The Kier molecular flexibility index (Phi) is 2.73. The molecular weight excluding hydrogens is 216 g/mol. The second-order valence-corrected chi connectivity index (χ2v) is 3.39. The Morgan fingerprint density at radius 1 is 1.33 bits per heavy atom. The van der Waals surface area contributed by atoms with Crippen LogP contribution < -0.4 is 0 Å². The molecule has 1 heterocycles. The highest BCUT2D eigenvalue weighted by Gasteiger charge is 2.08. The lowest BCUT2D eigenvalue weighted by atomic mass is 10.1. The lowest BCUT2D eigenvalue weighted by Gasteiger charge is -1.97. The van der Waals surface area contributed by atoms with E-state index in [0.717, 1.165) is 0 Å². The zero-order chi connectivity index (χ0) is 10.7. The van der Waals surface area contributed by atoms with Crippen LogP contribution in [0.1, 0.15) is 16.2 Å². The minimum Gasteiger partial charge on any atom is -0.294 e. The lowest BCUT2D eigenvalue weighted by Crippen LogP contribution is -2.04. The fourth-order valence-electron chi connectivity index (χ4n) is 1.14. The van der Waals surface area contributed by atoms with E-state index >= 15 is 0 Å². The van der Waals surface area contributed by atoms with E-state index in [9.17, 15) is 4.79 Å². The highest BCUT2D eigenvalue weighted by Crippen LogP contribution is 2.10. The first-order valence-corrected chi connectivity index (χ1v) is 4.65. The van der Waals surface area contributed by atoms with Gasteiger partial charge in [0.1, 0.15) is 0 Å². The minimum atomic E-state index is -0.0507. The Balaban J connectivity index is 2.11. The summed E-state index contributed by atoms with van der Waals surface area (Å²) >= 11 is 5.71. The predicted molar refractivity (Wildman–Crippen MR) is 53.7 cm³/mol. The highest BCUT2D eigenvalue weighted by atomic mass is 35.5. The summed E-state index contributed by atoms with van der Waals surface area (Å²) in [5, 5.41) is 13.5. The van der Waals surface area contributed by atoms with Crippen molar-refractivity contribution in [1.29, 1.82) is 0 Å². The largest absolute Gasteiger partial charge is 0.294 e. The number of H-pyrrole nitrogens is 1. The highest BCUT2D eigenvalue weighted by molar-refractivity contribution is 6.30. The molecule has 0 saturated carbocycles. The van der Waals surface area contributed by atoms with E-state index in [1.54, 1.807) is 24.3 Å². The lowest BCUT2D eigenvalue weighted by molar-refractivity contribution is 0.0991. The van der Waals surface area contributed by atoms with Crippen molar-refractivity contribution in [2.75, 3.05) is 0 Å². The van der Waals surface area contributed by atoms with Crippen molar-refractivity contribution in [3.63, 3.8) is 0 Å². The number of nitrogens with one attached hydrogen (secondary N) is 1. The van der Waals surface area contributed by atoms with Crippen molar-refractivity contribution in [2.24, 2.45) is 0 Å². The fraction of sp³-hybridized carbons (Fsp3) is 0.111. The van der Waals surface area contributed by atoms with Crippen LogP contribution in [-0.4, -0.2) is 26.4 Å². The van der Waals surface area contributed by atoms with Crippen LogP contribution in [0.15, 0.2) is 24.3 Å². The number of carbonyl (C=O) groups is 1. The Labute approximate surface area is 90.5 Å². The summed E-state index contributed by atoms with van der Waals surface area (Å²) in [5.74, 6) is 0.403. The summed E-state index contributed by atoms with van der Waals surface area (Å²) in [4.78, 5) is 11.7. The number of nitrogens with zero attached hydrogens (tertiary/aromatic N) is 3. The average Bonchev–Trinajstić information content (AvgIpc) is 2.71. The van der Waals surface area contributed by atoms with Crippen LogP contribution in [0.4, 0.5) is 0 Å². The molecule has 0 unspecified atom stereocenters. The van der Waals surface area contributed by atoms with Gasteiger partial charge in [0.2, 0.25) is 0 Å². The molecule has 2 rings (SSSR count). The Bertz CT molecular complexity index is 451. The summed E-state index contributed by atoms with van der Waals surface area (Å²) in [6, 6.07) is 6.70. The number of aromatic amines is 1. The number of tetrazole rings is 1. The molecular formula is C9H7ClN4O. The second-order valence-electron chi connectivity index (χ2n) is 2.95. The molecule has 1 N–H and O–H groups in total. The van der Waals surface area contributed by atoms with Gasteiger partial charge in [0.05, 0.1) is 6.42 Å². The molecule has 0 aliphatic carbocycles. The van der Waals surface area contributed by atoms with Gasteiger partial charge in [0.25, 0.3) is 0 Å². The first kappa shape index (κ1) is 9.79. The molecule has 76 valence electrons. The van der Waals surface area contributed by atoms with E-state index in [0.29, 0.717) is 16.4 Å². The molecule has 0 bridgehead atoms. The van der Waals surface area contributed by atoms with E-state index in [4.69, 9.17) is 11.6 Å². The van der Waals surface area contributed by atoms with Crippen LogP contribution in [-0.2, 0) is 6.42 Å². The zero-order valence-electron chi connectivity index (χ0n) is 7.64. The summed E-state index contributed by atoms with van der Waals surface area (Å²) in [7, 11) is 0. The number of carbonyl (C=O) groups excluding carboxylic acids is 1. The molecule has 0 spiro atoms. The number of hydrogen-bond acceptors (Lipinski definition) is 4. The van der Waals surface area contributed by atoms with E-state index in [2.05, 4.69) is 20.6 Å². The Morgan fingerprint density at radius 2 is 2.07 bits per heavy atom. The van der Waals surface area contributed by atoms with Gasteiger partial charge in [-0.05, 0) is 34.7 Å². The summed E-state index contributed by atoms with van der Waals surface area (Å²) in [5.41, 5.74) is 0.593. The summed E-state index contributed by atoms with van der Waals surface area (Å²) in [6.07, 6.45) is 0.161. The van der Waals surface area contributed by atoms with Crippen molar-refractivity contribution in [1.82, 2.24) is 20.6 Å². The van der Waals surface area contributed by atoms with Crippen LogP contribution >= 0.6 is 11.6 Å². The third kappa shape index (κ3) is 2.38. The minimum absolute atomic E-state index is 0.0507. The molecule has 0 aliphatic rings. The number of ketones is 1. The second kappa shape index (κ2) is 4.18. The van der Waals surface area contributed by atoms with Gasteiger partial charge in [0.15, 0.2) is 11.6 Å². The number of halogens is 1. The van der Waals surface area contributed by atoms with Crippen LogP contribution in [0.5, 0.6) is 0 Å². The SMILES string of the molecule is O=C(Cc1nnn[nH]1)c1ccc(Cl)cc1. The first-order valence-electron chi connectivity index (χ1n) is 4.27. The van der Waals surface area contributed by atoms with E-state index < -0.39 is 0 Å². The topological polar surface area (TPSA) is 71.5 Å². The van der Waals surface area contributed by atoms with Gasteiger partial charge in [-0.1, -0.05) is 11.6 Å². The van der Waals surface area contributed by atoms with Crippen LogP contribution in [0, 0.1) is 0 Å². The van der Waals surface area contributed by atoms with Gasteiger partial charge < -0.3 is 0 Å². The number of aromatic nitrogens is 4. The van der Waals surface area contributed by atoms with E-state index in [1.807, 2.05) is 0 Å². The van der Waals surface area contributed by atoms with Gasteiger partial charge >= 0.3 is 0 Å². The fourth-order valence-corrected chi connectivity index (χ4v) is 1.27. The third-order valence-electron chi connectivity index (χ3n) is 1.88. The van der Waals surface area contributed by atoms with Crippen LogP contribution in [0.2, 0.25) is 5.02 Å². The molecule has 0 saturated heterocycles. The van der Waals surface area contributed by atoms with E-state index in [1.165, 1.54) is 0 Å². The molecule has 0 fully saturated rings. The maximum absolute atomic E-state index is 11.7. The number of Topliss-reactive ketones (excluding diaryl/α,β-unsaturated/α-hetero) is 1. The summed E-state index contributed by atoms with van der Waals surface area (Å²) < 4.78 is 0. The van der Waals surface area contributed by atoms with Crippen molar-refractivity contribution in [2.45, 2.75) is 6.42 Å². The van der Waals surface area contributed by atoms with Gasteiger partial charge in [-0.2, -0.15) is 0 Å². The van der Waals surface area contributed by atoms with Crippen LogP contribution in [0.3, 0.4) is 0 Å². The molecule has 2 aromatic rings. The molecule has 0 radical (unpaired) electrons. The van der Waals surface area contributed by atoms with Crippen LogP contribution in [0.25, 0.3) is 0 Å². The summed E-state index contributed by atoms with van der Waals surface area (Å²) in [6.45, 7) is 0. The predicted octanol–water partition coefficient (Wildman–Crippen LogP) is 1.28. The molecule has 0 atom stereocenters. The normalized spacial score (nSPS) is 10.2. The van der Waals surface area contributed by atoms with Crippen molar-refractivity contribution in [3.8, 4) is 0 Å². The number of hydrogen-bond donors (Lipinski definition) is 1. The molecule has 1 aromatic heterocycles. The standard InChI is InChI=1S/C9H7ClN4O/c10-7-3-1-6(2-4-7)8(15)5-9-11-13-14-12-9/h1-4H,5H2,(H,11,12,13,14). The molecule has 15 heavy (non-hydrogen) atoms. The smallest absolute Gasteiger partial charge is 0.170 e. The Hall–Kier alpha value is -1.75.